The molecule has 0 amide bonds. The number of likely N-dealkylation sites (N-methyl/N-ethyl adjacent to an activating group) is 1. The summed E-state index contributed by atoms with van der Waals surface area (Å²) in [6, 6.07) is 0.553. The van der Waals surface area contributed by atoms with E-state index in [0.29, 0.717) is 6.04 Å². The summed E-state index contributed by atoms with van der Waals surface area (Å²) >= 11 is 0. The molecule has 0 aromatic carbocycles. The van der Waals surface area contributed by atoms with E-state index in [1.807, 2.05) is 7.05 Å². The molecule has 1 unspecified atom stereocenters. The topological polar surface area (TPSA) is 38.0 Å². The highest BCUT2D eigenvalue weighted by molar-refractivity contribution is 5.07. The van der Waals surface area contributed by atoms with Crippen LogP contribution in [0.2, 0.25) is 0 Å². The number of nitrogens with two attached hydrogens (primary N) is 1. The Morgan fingerprint density at radius 2 is 2.20 bits per heavy atom. The quantitative estimate of drug-likeness (QED) is 0.611. The monoisotopic (exact) mass is 142 g/mol. The summed E-state index contributed by atoms with van der Waals surface area (Å²) in [6.45, 7) is 2.20. The lowest BCUT2D eigenvalue weighted by Gasteiger charge is -2.21. The molecule has 0 aromatic heterocycles. The lowest BCUT2D eigenvalue weighted by Crippen LogP contribution is -2.45. The molecule has 0 aromatic rings. The molecule has 10 heavy (non-hydrogen) atoms. The fraction of sp³-hybridized carbons (Fsp3) is 1.00. The predicted octanol–water partition coefficient (Wildman–Crippen LogP) is 0.866. The third kappa shape index (κ3) is 1.50. The third-order valence-corrected chi connectivity index (χ3v) is 2.45. The lowest BCUT2D eigenvalue weighted by atomic mass is 10.0. The standard InChI is InChI=1S/C8H18N2/c1-3-4-7(10-2)8(9)5-6-8/h7,10H,3-6,9H2,1-2H3. The molecule has 0 radical (unpaired) electrons. The average Bonchev–Trinajstić information content (AvgIpc) is 2.64. The van der Waals surface area contributed by atoms with E-state index in [-0.39, 0.29) is 5.54 Å². The van der Waals surface area contributed by atoms with Crippen LogP contribution in [0, 0.1) is 0 Å². The molecule has 2 heteroatoms. The maximum atomic E-state index is 6.02. The minimum atomic E-state index is 0.157. The van der Waals surface area contributed by atoms with Crippen molar-refractivity contribution in [2.45, 2.75) is 44.2 Å². The van der Waals surface area contributed by atoms with Gasteiger partial charge in [0.25, 0.3) is 0 Å². The van der Waals surface area contributed by atoms with Crippen molar-refractivity contribution in [2.24, 2.45) is 5.73 Å². The third-order valence-electron chi connectivity index (χ3n) is 2.45. The number of rotatable bonds is 4. The van der Waals surface area contributed by atoms with Crippen LogP contribution in [0.3, 0.4) is 0 Å². The number of hydrogen-bond donors (Lipinski definition) is 2. The van der Waals surface area contributed by atoms with E-state index < -0.39 is 0 Å². The van der Waals surface area contributed by atoms with Gasteiger partial charge in [-0.3, -0.25) is 0 Å². The number of hydrogen-bond acceptors (Lipinski definition) is 2. The van der Waals surface area contributed by atoms with Crippen molar-refractivity contribution in [2.75, 3.05) is 7.05 Å². The fourth-order valence-corrected chi connectivity index (χ4v) is 1.50. The zero-order valence-electron chi connectivity index (χ0n) is 6.98. The smallest absolute Gasteiger partial charge is 0.0311 e. The Kier molecular flexibility index (Phi) is 2.32. The first-order valence-electron chi connectivity index (χ1n) is 4.19. The van der Waals surface area contributed by atoms with Crippen molar-refractivity contribution in [3.05, 3.63) is 0 Å². The molecular weight excluding hydrogens is 124 g/mol. The van der Waals surface area contributed by atoms with Gasteiger partial charge in [0, 0.05) is 11.6 Å². The molecule has 0 saturated heterocycles. The van der Waals surface area contributed by atoms with E-state index in [1.165, 1.54) is 25.7 Å². The molecule has 1 aliphatic rings. The molecule has 60 valence electrons. The van der Waals surface area contributed by atoms with E-state index in [0.717, 1.165) is 0 Å². The van der Waals surface area contributed by atoms with Crippen LogP contribution in [0.4, 0.5) is 0 Å². The summed E-state index contributed by atoms with van der Waals surface area (Å²) in [7, 11) is 2.01. The van der Waals surface area contributed by atoms with E-state index in [9.17, 15) is 0 Å². The van der Waals surface area contributed by atoms with Crippen molar-refractivity contribution >= 4 is 0 Å². The van der Waals surface area contributed by atoms with Crippen LogP contribution >= 0.6 is 0 Å². The van der Waals surface area contributed by atoms with E-state index in [1.54, 1.807) is 0 Å². The van der Waals surface area contributed by atoms with Crippen LogP contribution in [0.25, 0.3) is 0 Å². The van der Waals surface area contributed by atoms with E-state index in [4.69, 9.17) is 5.73 Å². The minimum absolute atomic E-state index is 0.157. The molecule has 0 spiro atoms. The first kappa shape index (κ1) is 8.02. The van der Waals surface area contributed by atoms with Crippen LogP contribution < -0.4 is 11.1 Å². The van der Waals surface area contributed by atoms with Gasteiger partial charge >= 0.3 is 0 Å². The Balaban J connectivity index is 2.33. The van der Waals surface area contributed by atoms with Crippen molar-refractivity contribution in [1.82, 2.24) is 5.32 Å². The second-order valence-electron chi connectivity index (χ2n) is 3.36. The first-order chi connectivity index (χ1) is 4.73. The summed E-state index contributed by atoms with van der Waals surface area (Å²) < 4.78 is 0. The molecule has 1 atom stereocenters. The van der Waals surface area contributed by atoms with Crippen LogP contribution in [-0.4, -0.2) is 18.6 Å². The van der Waals surface area contributed by atoms with E-state index >= 15 is 0 Å². The maximum Gasteiger partial charge on any atom is 0.0311 e. The summed E-state index contributed by atoms with van der Waals surface area (Å²) in [6.07, 6.45) is 4.86. The minimum Gasteiger partial charge on any atom is -0.324 e. The molecule has 1 saturated carbocycles. The van der Waals surface area contributed by atoms with Gasteiger partial charge in [-0.2, -0.15) is 0 Å². The molecular formula is C8H18N2. The van der Waals surface area contributed by atoms with E-state index in [2.05, 4.69) is 12.2 Å². The lowest BCUT2D eigenvalue weighted by molar-refractivity contribution is 0.415. The predicted molar refractivity (Wildman–Crippen MR) is 43.9 cm³/mol. The highest BCUT2D eigenvalue weighted by Gasteiger charge is 2.44. The van der Waals surface area contributed by atoms with Crippen molar-refractivity contribution in [3.8, 4) is 0 Å². The Morgan fingerprint density at radius 3 is 2.50 bits per heavy atom. The van der Waals surface area contributed by atoms with Crippen LogP contribution in [-0.2, 0) is 0 Å². The SMILES string of the molecule is CCCC(NC)C1(N)CC1. The van der Waals surface area contributed by atoms with Gasteiger partial charge in [0.05, 0.1) is 0 Å². The summed E-state index contributed by atoms with van der Waals surface area (Å²) in [5.74, 6) is 0. The molecule has 0 heterocycles. The van der Waals surface area contributed by atoms with Gasteiger partial charge in [-0.15, -0.1) is 0 Å². The molecule has 1 aliphatic carbocycles. The highest BCUT2D eigenvalue weighted by atomic mass is 15.0. The Labute approximate surface area is 63.2 Å². The fourth-order valence-electron chi connectivity index (χ4n) is 1.50. The van der Waals surface area contributed by atoms with Gasteiger partial charge in [0.1, 0.15) is 0 Å². The summed E-state index contributed by atoms with van der Waals surface area (Å²) in [4.78, 5) is 0. The van der Waals surface area contributed by atoms with Crippen LogP contribution in [0.5, 0.6) is 0 Å². The van der Waals surface area contributed by atoms with Gasteiger partial charge in [0.15, 0.2) is 0 Å². The molecule has 2 nitrogen and oxygen atoms in total. The summed E-state index contributed by atoms with van der Waals surface area (Å²) in [5.41, 5.74) is 6.18. The average molecular weight is 142 g/mol. The Hall–Kier alpha value is -0.0800. The largest absolute Gasteiger partial charge is 0.324 e. The molecule has 1 fully saturated rings. The van der Waals surface area contributed by atoms with Gasteiger partial charge in [-0.05, 0) is 26.3 Å². The Morgan fingerprint density at radius 1 is 1.60 bits per heavy atom. The normalized spacial score (nSPS) is 24.3. The maximum absolute atomic E-state index is 6.02. The Bertz CT molecular complexity index is 108. The van der Waals surface area contributed by atoms with Gasteiger partial charge in [-0.1, -0.05) is 13.3 Å². The van der Waals surface area contributed by atoms with Gasteiger partial charge < -0.3 is 11.1 Å². The van der Waals surface area contributed by atoms with Crippen molar-refractivity contribution < 1.29 is 0 Å². The number of nitrogens with one attached hydrogen (secondary N) is 1. The molecule has 0 bridgehead atoms. The van der Waals surface area contributed by atoms with Crippen LogP contribution in [0.15, 0.2) is 0 Å². The zero-order chi connectivity index (χ0) is 7.61. The van der Waals surface area contributed by atoms with Crippen LogP contribution in [0.1, 0.15) is 32.6 Å². The second kappa shape index (κ2) is 2.89. The van der Waals surface area contributed by atoms with Gasteiger partial charge in [-0.25, -0.2) is 0 Å². The molecule has 1 rings (SSSR count). The van der Waals surface area contributed by atoms with Crippen molar-refractivity contribution in [3.63, 3.8) is 0 Å². The first-order valence-corrected chi connectivity index (χ1v) is 4.19. The van der Waals surface area contributed by atoms with Gasteiger partial charge in [0.2, 0.25) is 0 Å². The highest BCUT2D eigenvalue weighted by Crippen LogP contribution is 2.37. The second-order valence-corrected chi connectivity index (χ2v) is 3.36. The summed E-state index contributed by atoms with van der Waals surface area (Å²) in [5, 5.41) is 3.28. The molecule has 3 N–H and O–H groups in total. The zero-order valence-corrected chi connectivity index (χ0v) is 6.98. The molecule has 0 aliphatic heterocycles. The van der Waals surface area contributed by atoms with Crippen molar-refractivity contribution in [1.29, 1.82) is 0 Å².